The minimum Gasteiger partial charge on any atom is -0.497 e. The highest BCUT2D eigenvalue weighted by molar-refractivity contribution is 7.80. The lowest BCUT2D eigenvalue weighted by atomic mass is 10.1. The Morgan fingerprint density at radius 2 is 1.92 bits per heavy atom. The van der Waals surface area contributed by atoms with Crippen LogP contribution in [0.3, 0.4) is 0 Å². The molecule has 5 heteroatoms. The molecule has 0 unspecified atom stereocenters. The highest BCUT2D eigenvalue weighted by Crippen LogP contribution is 2.25. The first-order valence-corrected chi connectivity index (χ1v) is 9.47. The number of nitrogens with zero attached hydrogens (tertiary/aromatic N) is 1. The van der Waals surface area contributed by atoms with Crippen molar-refractivity contribution in [2.75, 3.05) is 37.0 Å². The van der Waals surface area contributed by atoms with Crippen LogP contribution >= 0.6 is 12.2 Å². The van der Waals surface area contributed by atoms with E-state index < -0.39 is 0 Å². The first kappa shape index (κ1) is 18.5. The standard InChI is InChI=1S/C21H27N3OS/c1-15-4-5-18(12-16(15)2)23-21(26)22-13-17-10-11-24(14-17)19-6-8-20(25-3)9-7-19/h4-9,12,17H,10-11,13-14H2,1-3H3,(H2,22,23,26)/t17-/m0/s1. The SMILES string of the molecule is COc1ccc(N2CC[C@@H](CNC(=S)Nc3ccc(C)c(C)c3)C2)cc1. The van der Waals surface area contributed by atoms with Crippen LogP contribution in [0.1, 0.15) is 17.5 Å². The smallest absolute Gasteiger partial charge is 0.170 e. The van der Waals surface area contributed by atoms with Crippen LogP contribution in [-0.2, 0) is 0 Å². The van der Waals surface area contributed by atoms with E-state index in [1.165, 1.54) is 23.2 Å². The van der Waals surface area contributed by atoms with Gasteiger partial charge < -0.3 is 20.3 Å². The van der Waals surface area contributed by atoms with Crippen molar-refractivity contribution in [2.45, 2.75) is 20.3 Å². The van der Waals surface area contributed by atoms with Gasteiger partial charge in [-0.25, -0.2) is 0 Å². The molecule has 2 N–H and O–H groups in total. The molecule has 3 rings (SSSR count). The number of anilines is 2. The molecule has 4 nitrogen and oxygen atoms in total. The molecule has 0 bridgehead atoms. The van der Waals surface area contributed by atoms with Gasteiger partial charge in [0.05, 0.1) is 7.11 Å². The van der Waals surface area contributed by atoms with Crippen molar-refractivity contribution in [2.24, 2.45) is 5.92 Å². The molecule has 1 aliphatic rings. The minimum atomic E-state index is 0.594. The third-order valence-electron chi connectivity index (χ3n) is 5.04. The maximum Gasteiger partial charge on any atom is 0.170 e. The second kappa shape index (κ2) is 8.41. The number of hydrogen-bond donors (Lipinski definition) is 2. The van der Waals surface area contributed by atoms with Crippen molar-refractivity contribution < 1.29 is 4.74 Å². The van der Waals surface area contributed by atoms with E-state index in [0.717, 1.165) is 31.1 Å². The van der Waals surface area contributed by atoms with E-state index in [2.05, 4.69) is 59.7 Å². The fourth-order valence-corrected chi connectivity index (χ4v) is 3.46. The summed E-state index contributed by atoms with van der Waals surface area (Å²) in [7, 11) is 1.70. The van der Waals surface area contributed by atoms with Gasteiger partial charge in [0.1, 0.15) is 5.75 Å². The van der Waals surface area contributed by atoms with Crippen LogP contribution in [0.5, 0.6) is 5.75 Å². The number of rotatable bonds is 5. The number of hydrogen-bond acceptors (Lipinski definition) is 3. The summed E-state index contributed by atoms with van der Waals surface area (Å²) in [6.07, 6.45) is 1.17. The Balaban J connectivity index is 1.46. The number of thiocarbonyl (C=S) groups is 1. The van der Waals surface area contributed by atoms with Crippen molar-refractivity contribution in [1.82, 2.24) is 5.32 Å². The van der Waals surface area contributed by atoms with Gasteiger partial charge in [-0.3, -0.25) is 0 Å². The summed E-state index contributed by atoms with van der Waals surface area (Å²) in [5.74, 6) is 1.49. The minimum absolute atomic E-state index is 0.594. The zero-order valence-electron chi connectivity index (χ0n) is 15.7. The molecule has 1 saturated heterocycles. The predicted molar refractivity (Wildman–Crippen MR) is 113 cm³/mol. The summed E-state index contributed by atoms with van der Waals surface area (Å²) in [6.45, 7) is 7.25. The topological polar surface area (TPSA) is 36.5 Å². The van der Waals surface area contributed by atoms with Crippen LogP contribution < -0.4 is 20.3 Å². The summed E-state index contributed by atoms with van der Waals surface area (Å²) in [5, 5.41) is 7.34. The van der Waals surface area contributed by atoms with Crippen molar-refractivity contribution in [3.63, 3.8) is 0 Å². The monoisotopic (exact) mass is 369 g/mol. The molecule has 1 aliphatic heterocycles. The molecule has 0 amide bonds. The van der Waals surface area contributed by atoms with Gasteiger partial charge in [0, 0.05) is 31.0 Å². The molecule has 138 valence electrons. The van der Waals surface area contributed by atoms with E-state index in [1.54, 1.807) is 7.11 Å². The number of methoxy groups -OCH3 is 1. The molecule has 2 aromatic carbocycles. The van der Waals surface area contributed by atoms with Gasteiger partial charge >= 0.3 is 0 Å². The van der Waals surface area contributed by atoms with E-state index >= 15 is 0 Å². The van der Waals surface area contributed by atoms with Crippen molar-refractivity contribution >= 4 is 28.7 Å². The Bertz CT molecular complexity index is 760. The molecule has 1 fully saturated rings. The average molecular weight is 370 g/mol. The van der Waals surface area contributed by atoms with Gasteiger partial charge in [-0.2, -0.15) is 0 Å². The van der Waals surface area contributed by atoms with Crippen molar-refractivity contribution in [3.8, 4) is 5.75 Å². The van der Waals surface area contributed by atoms with Crippen LogP contribution in [-0.4, -0.2) is 31.9 Å². The fourth-order valence-electron chi connectivity index (χ4n) is 3.26. The maximum atomic E-state index is 5.45. The Hall–Kier alpha value is -2.27. The number of ether oxygens (including phenoxy) is 1. The predicted octanol–water partition coefficient (Wildman–Crippen LogP) is 4.12. The molecule has 2 aromatic rings. The van der Waals surface area contributed by atoms with Crippen LogP contribution in [0, 0.1) is 19.8 Å². The van der Waals surface area contributed by atoms with Crippen molar-refractivity contribution in [3.05, 3.63) is 53.6 Å². The largest absolute Gasteiger partial charge is 0.497 e. The fraction of sp³-hybridized carbons (Fsp3) is 0.381. The van der Waals surface area contributed by atoms with E-state index in [9.17, 15) is 0 Å². The summed E-state index contributed by atoms with van der Waals surface area (Å²) < 4.78 is 5.23. The number of benzene rings is 2. The molecule has 0 aliphatic carbocycles. The lowest BCUT2D eigenvalue weighted by Crippen LogP contribution is -2.34. The van der Waals surface area contributed by atoms with E-state index in [0.29, 0.717) is 11.0 Å². The summed E-state index contributed by atoms with van der Waals surface area (Å²) >= 11 is 5.45. The molecule has 0 radical (unpaired) electrons. The molecular weight excluding hydrogens is 342 g/mol. The third kappa shape index (κ3) is 4.67. The number of aryl methyl sites for hydroxylation is 2. The maximum absolute atomic E-state index is 5.45. The van der Waals surface area contributed by atoms with Gasteiger partial charge in [-0.1, -0.05) is 6.07 Å². The molecule has 1 heterocycles. The lowest BCUT2D eigenvalue weighted by Gasteiger charge is -2.19. The second-order valence-electron chi connectivity index (χ2n) is 6.93. The molecule has 1 atom stereocenters. The Labute approximate surface area is 161 Å². The molecule has 0 spiro atoms. The summed E-state index contributed by atoms with van der Waals surface area (Å²) in [4.78, 5) is 2.42. The first-order valence-electron chi connectivity index (χ1n) is 9.06. The van der Waals surface area contributed by atoms with Crippen molar-refractivity contribution in [1.29, 1.82) is 0 Å². The van der Waals surface area contributed by atoms with E-state index in [1.807, 2.05) is 12.1 Å². The Morgan fingerprint density at radius 1 is 1.15 bits per heavy atom. The van der Waals surface area contributed by atoms with Gasteiger partial charge in [-0.15, -0.1) is 0 Å². The highest BCUT2D eigenvalue weighted by Gasteiger charge is 2.22. The van der Waals surface area contributed by atoms with Gasteiger partial charge in [0.15, 0.2) is 5.11 Å². The zero-order valence-corrected chi connectivity index (χ0v) is 16.5. The molecule has 0 saturated carbocycles. The summed E-state index contributed by atoms with van der Waals surface area (Å²) in [5.41, 5.74) is 4.85. The molecule has 26 heavy (non-hydrogen) atoms. The molecule has 0 aromatic heterocycles. The van der Waals surface area contributed by atoms with Gasteiger partial charge in [0.25, 0.3) is 0 Å². The zero-order chi connectivity index (χ0) is 18.5. The quantitative estimate of drug-likeness (QED) is 0.775. The third-order valence-corrected chi connectivity index (χ3v) is 5.29. The van der Waals surface area contributed by atoms with Crippen LogP contribution in [0.15, 0.2) is 42.5 Å². The lowest BCUT2D eigenvalue weighted by molar-refractivity contribution is 0.415. The number of nitrogens with one attached hydrogen (secondary N) is 2. The van der Waals surface area contributed by atoms with Crippen LogP contribution in [0.25, 0.3) is 0 Å². The Morgan fingerprint density at radius 3 is 2.62 bits per heavy atom. The van der Waals surface area contributed by atoms with E-state index in [4.69, 9.17) is 17.0 Å². The van der Waals surface area contributed by atoms with E-state index in [-0.39, 0.29) is 0 Å². The second-order valence-corrected chi connectivity index (χ2v) is 7.34. The van der Waals surface area contributed by atoms with Crippen LogP contribution in [0.4, 0.5) is 11.4 Å². The molecular formula is C21H27N3OS. The van der Waals surface area contributed by atoms with Gasteiger partial charge in [0.2, 0.25) is 0 Å². The Kier molecular flexibility index (Phi) is 5.99. The van der Waals surface area contributed by atoms with Crippen LogP contribution in [0.2, 0.25) is 0 Å². The van der Waals surface area contributed by atoms with Gasteiger partial charge in [-0.05, 0) is 85.9 Å². The highest BCUT2D eigenvalue weighted by atomic mass is 32.1. The normalized spacial score (nSPS) is 16.4. The average Bonchev–Trinajstić information content (AvgIpc) is 3.12. The summed E-state index contributed by atoms with van der Waals surface area (Å²) in [6, 6.07) is 14.6. The first-order chi connectivity index (χ1) is 12.5.